The number of benzene rings is 2. The van der Waals surface area contributed by atoms with Gasteiger partial charge in [0.1, 0.15) is 11.5 Å². The summed E-state index contributed by atoms with van der Waals surface area (Å²) in [7, 11) is 9.53. The van der Waals surface area contributed by atoms with Crippen LogP contribution in [0.5, 0.6) is 11.5 Å². The van der Waals surface area contributed by atoms with Gasteiger partial charge in [-0.05, 0) is 111 Å². The van der Waals surface area contributed by atoms with E-state index >= 15 is 0 Å². The molecule has 0 spiro atoms. The fourth-order valence-electron chi connectivity index (χ4n) is 10.5. The van der Waals surface area contributed by atoms with Crippen molar-refractivity contribution in [2.45, 2.75) is 312 Å². The Kier molecular flexibility index (Phi) is 43.4. The summed E-state index contributed by atoms with van der Waals surface area (Å²) in [6.07, 6.45) is 49.9. The van der Waals surface area contributed by atoms with Crippen LogP contribution in [0.1, 0.15) is 332 Å². The molecular formula is C69H115Cl2FeN3O2. The van der Waals surface area contributed by atoms with E-state index < -0.39 is 0 Å². The molecule has 1 aromatic heterocycles. The van der Waals surface area contributed by atoms with Crippen molar-refractivity contribution in [1.29, 1.82) is 0 Å². The number of aliphatic imine (C=N–C) groups is 2. The van der Waals surface area contributed by atoms with Crippen LogP contribution in [0.3, 0.4) is 0 Å². The van der Waals surface area contributed by atoms with Crippen LogP contribution in [0.25, 0.3) is 0 Å². The van der Waals surface area contributed by atoms with Gasteiger partial charge in [0, 0.05) is 0 Å². The number of pyridine rings is 1. The summed E-state index contributed by atoms with van der Waals surface area (Å²) in [6, 6.07) is 15.0. The summed E-state index contributed by atoms with van der Waals surface area (Å²) in [5, 5.41) is 0. The quantitative estimate of drug-likeness (QED) is 0.0322. The molecule has 0 aliphatic carbocycles. The van der Waals surface area contributed by atoms with Gasteiger partial charge in [-0.1, -0.05) is 266 Å². The van der Waals surface area contributed by atoms with Gasteiger partial charge in [-0.3, -0.25) is 9.98 Å². The van der Waals surface area contributed by atoms with E-state index in [9.17, 15) is 0 Å². The zero-order chi connectivity index (χ0) is 56.1. The van der Waals surface area contributed by atoms with Gasteiger partial charge in [0.2, 0.25) is 0 Å². The minimum absolute atomic E-state index is 0.194. The molecule has 2 aromatic carbocycles. The number of hydrogen-bond acceptors (Lipinski definition) is 5. The third-order valence-corrected chi connectivity index (χ3v) is 15.5. The molecule has 0 radical (unpaired) electrons. The zero-order valence-corrected chi connectivity index (χ0v) is 53.9. The molecule has 1 heterocycles. The van der Waals surface area contributed by atoms with E-state index in [1.807, 2.05) is 0 Å². The number of ether oxygens (including phenoxy) is 2. The first-order valence-electron chi connectivity index (χ1n) is 31.9. The van der Waals surface area contributed by atoms with Gasteiger partial charge in [0.15, 0.2) is 0 Å². The predicted molar refractivity (Wildman–Crippen MR) is 339 cm³/mol. The van der Waals surface area contributed by atoms with Crippen molar-refractivity contribution in [2.75, 3.05) is 13.2 Å². The summed E-state index contributed by atoms with van der Waals surface area (Å²) in [4.78, 5) is 15.4. The van der Waals surface area contributed by atoms with Crippen LogP contribution < -0.4 is 9.47 Å². The summed E-state index contributed by atoms with van der Waals surface area (Å²) < 4.78 is 12.9. The number of unbranched alkanes of at least 4 members (excludes halogenated alkanes) is 34. The van der Waals surface area contributed by atoms with Crippen LogP contribution >= 0.6 is 20.2 Å². The molecule has 3 aromatic rings. The average Bonchev–Trinajstić information content (AvgIpc) is 3.41. The fourth-order valence-corrected chi connectivity index (χ4v) is 10.5. The number of rotatable bonds is 46. The molecule has 0 saturated carbocycles. The number of aromatic nitrogens is 1. The Balaban J connectivity index is 0.00000659. The van der Waals surface area contributed by atoms with Crippen LogP contribution in [0.15, 0.2) is 52.4 Å². The second-order valence-corrected chi connectivity index (χ2v) is 25.1. The molecule has 0 atom stereocenters. The molecule has 3 rings (SSSR count). The van der Waals surface area contributed by atoms with E-state index in [-0.39, 0.29) is 13.1 Å². The van der Waals surface area contributed by atoms with E-state index in [2.05, 4.69) is 112 Å². The summed E-state index contributed by atoms with van der Waals surface area (Å²) >= 11 is 0.194. The number of halogens is 2. The maximum absolute atomic E-state index is 6.46. The van der Waals surface area contributed by atoms with Crippen molar-refractivity contribution in [3.63, 3.8) is 0 Å². The first-order valence-corrected chi connectivity index (χ1v) is 35.0. The van der Waals surface area contributed by atoms with Crippen LogP contribution in [0.4, 0.5) is 11.4 Å². The van der Waals surface area contributed by atoms with Gasteiger partial charge in [0.05, 0.1) is 47.4 Å². The van der Waals surface area contributed by atoms with E-state index in [0.29, 0.717) is 11.8 Å². The standard InChI is InChI=1S/C69H115N3O2.2ClH.Fe/c1-11-13-15-17-19-21-23-25-27-29-31-33-35-37-39-41-43-45-50-73-68-52-58(7)66(54-62(68)56(3)4)70-60(9)64-48-47-49-65(72-64)61(10)71-67-55-63(57(5)6)69(53-59(67)8)74-51-46-44-42-40-38-36-34-32-30-28-26-24-22-20-18-16-14-12-2;;;/h47-49,52-57H,11-46,50-51H2,1-10H3;2*1H;/q;;;+2/p-2. The Bertz CT molecular complexity index is 1850. The molecule has 0 bridgehead atoms. The van der Waals surface area contributed by atoms with E-state index in [1.165, 1.54) is 229 Å². The topological polar surface area (TPSA) is 56.1 Å². The molecule has 0 unspecified atom stereocenters. The Labute approximate surface area is 490 Å². The summed E-state index contributed by atoms with van der Waals surface area (Å²) in [5.74, 6) is 2.67. The number of hydrogen-bond donors (Lipinski definition) is 0. The molecule has 77 heavy (non-hydrogen) atoms. The molecule has 0 saturated heterocycles. The molecule has 0 amide bonds. The van der Waals surface area contributed by atoms with Crippen LogP contribution in [0.2, 0.25) is 0 Å². The van der Waals surface area contributed by atoms with E-state index in [0.717, 1.165) is 82.9 Å². The summed E-state index contributed by atoms with van der Waals surface area (Å²) in [5.41, 5.74) is 10.1. The molecular weight excluding hydrogens is 1030 g/mol. The van der Waals surface area contributed by atoms with Crippen molar-refractivity contribution in [1.82, 2.24) is 4.98 Å². The second-order valence-electron chi connectivity index (χ2n) is 23.2. The Morgan fingerprint density at radius 2 is 0.675 bits per heavy atom. The Morgan fingerprint density at radius 1 is 0.429 bits per heavy atom. The van der Waals surface area contributed by atoms with Gasteiger partial charge in [-0.15, -0.1) is 0 Å². The van der Waals surface area contributed by atoms with Gasteiger partial charge < -0.3 is 9.47 Å². The zero-order valence-electron chi connectivity index (χ0n) is 51.3. The van der Waals surface area contributed by atoms with Crippen molar-refractivity contribution in [2.24, 2.45) is 9.98 Å². The second kappa shape index (κ2) is 47.3. The summed E-state index contributed by atoms with van der Waals surface area (Å²) in [6.45, 7) is 23.6. The van der Waals surface area contributed by atoms with Gasteiger partial charge in [0.25, 0.3) is 0 Å². The van der Waals surface area contributed by atoms with E-state index in [1.54, 1.807) is 0 Å². The first-order chi connectivity index (χ1) is 37.5. The average molecular weight is 1150 g/mol. The third kappa shape index (κ3) is 33.9. The fraction of sp³-hybridized carbons (Fsp3) is 0.725. The van der Waals surface area contributed by atoms with Crippen molar-refractivity contribution >= 4 is 43.0 Å². The van der Waals surface area contributed by atoms with Crippen molar-refractivity contribution < 1.29 is 22.6 Å². The van der Waals surface area contributed by atoms with Crippen LogP contribution in [-0.4, -0.2) is 29.6 Å². The van der Waals surface area contributed by atoms with E-state index in [4.69, 9.17) is 44.6 Å². The Hall–Kier alpha value is -2.37. The van der Waals surface area contributed by atoms with Gasteiger partial charge in [-0.25, -0.2) is 4.98 Å². The molecule has 0 N–H and O–H groups in total. The van der Waals surface area contributed by atoms with Crippen molar-refractivity contribution in [3.8, 4) is 11.5 Å². The maximum atomic E-state index is 6.46. The van der Waals surface area contributed by atoms with Gasteiger partial charge >= 0.3 is 33.3 Å². The monoisotopic (exact) mass is 1140 g/mol. The first kappa shape index (κ1) is 70.7. The molecule has 5 nitrogen and oxygen atoms in total. The number of aryl methyl sites for hydroxylation is 2. The van der Waals surface area contributed by atoms with Crippen LogP contribution in [0, 0.1) is 13.8 Å². The number of nitrogens with zero attached hydrogens (tertiary/aromatic N) is 3. The molecule has 0 fully saturated rings. The van der Waals surface area contributed by atoms with Crippen molar-refractivity contribution in [3.05, 3.63) is 76.1 Å². The van der Waals surface area contributed by atoms with Crippen LogP contribution in [-0.2, 0) is 13.1 Å². The molecule has 0 aliphatic rings. The minimum atomic E-state index is 0.194. The molecule has 0 aliphatic heterocycles. The predicted octanol–water partition coefficient (Wildman–Crippen LogP) is 24.4. The SMILES string of the molecule is CCCCCCCCCCCCCCCCCCCCOc1cc(C)c(N=C(C)c2cccc(C(C)=Nc3cc(C(C)C)c(OCCCCCCCCCCCCCCCCCCCC)cc3C)n2)cc1C(C)C.[Cl][Fe][Cl]. The molecule has 8 heteroatoms. The third-order valence-electron chi connectivity index (χ3n) is 15.5. The molecule has 440 valence electrons. The Morgan fingerprint density at radius 3 is 0.922 bits per heavy atom. The van der Waals surface area contributed by atoms with Gasteiger partial charge in [-0.2, -0.15) is 0 Å². The normalized spacial score (nSPS) is 12.0.